The minimum Gasteiger partial charge on any atom is -0.258 e. The van der Waals surface area contributed by atoms with E-state index in [1.807, 2.05) is 0 Å². The number of hydrogen-bond acceptors (Lipinski definition) is 5. The molecule has 0 bridgehead atoms. The Hall–Kier alpha value is -2.02. The van der Waals surface area contributed by atoms with E-state index in [-0.39, 0.29) is 17.0 Å². The standard InChI is InChI=1S/C11H10N2O4S/c1-18(16,17)7-9-8-3-2-6-12-10(8)4-5-11(9)13(14)15/h2-6H,7H2,1H3. The number of sulfone groups is 1. The van der Waals surface area contributed by atoms with Crippen molar-refractivity contribution < 1.29 is 13.3 Å². The Morgan fingerprint density at radius 2 is 2.06 bits per heavy atom. The average molecular weight is 266 g/mol. The van der Waals surface area contributed by atoms with Gasteiger partial charge in [-0.1, -0.05) is 6.07 Å². The zero-order valence-corrected chi connectivity index (χ0v) is 10.3. The Morgan fingerprint density at radius 3 is 2.67 bits per heavy atom. The topological polar surface area (TPSA) is 90.2 Å². The van der Waals surface area contributed by atoms with Crippen molar-refractivity contribution in [2.75, 3.05) is 6.26 Å². The molecule has 0 spiro atoms. The van der Waals surface area contributed by atoms with Crippen molar-refractivity contribution in [3.63, 3.8) is 0 Å². The molecule has 0 unspecified atom stereocenters. The SMILES string of the molecule is CS(=O)(=O)Cc1c([N+](=O)[O-])ccc2ncccc12. The number of nitrogens with zero attached hydrogens (tertiary/aromatic N) is 2. The largest absolute Gasteiger partial charge is 0.274 e. The van der Waals surface area contributed by atoms with Crippen molar-refractivity contribution in [1.82, 2.24) is 4.98 Å². The minimum absolute atomic E-state index is 0.188. The fourth-order valence-corrected chi connectivity index (χ4v) is 2.61. The van der Waals surface area contributed by atoms with Crippen molar-refractivity contribution in [3.05, 3.63) is 46.1 Å². The second-order valence-corrected chi connectivity index (χ2v) is 6.10. The van der Waals surface area contributed by atoms with E-state index in [0.717, 1.165) is 6.26 Å². The van der Waals surface area contributed by atoms with Crippen molar-refractivity contribution in [2.45, 2.75) is 5.75 Å². The number of aromatic nitrogens is 1. The summed E-state index contributed by atoms with van der Waals surface area (Å²) in [5.74, 6) is -0.369. The summed E-state index contributed by atoms with van der Waals surface area (Å²) in [6, 6.07) is 6.06. The highest BCUT2D eigenvalue weighted by molar-refractivity contribution is 7.89. The van der Waals surface area contributed by atoms with Crippen molar-refractivity contribution in [2.24, 2.45) is 0 Å². The van der Waals surface area contributed by atoms with E-state index in [1.165, 1.54) is 12.1 Å². The molecular weight excluding hydrogens is 256 g/mol. The average Bonchev–Trinajstić information content (AvgIpc) is 2.27. The Labute approximate surface area is 103 Å². The molecule has 0 radical (unpaired) electrons. The second-order valence-electron chi connectivity index (χ2n) is 3.96. The smallest absolute Gasteiger partial charge is 0.258 e. The Morgan fingerprint density at radius 1 is 1.33 bits per heavy atom. The van der Waals surface area contributed by atoms with Gasteiger partial charge in [0.05, 0.1) is 21.8 Å². The molecule has 1 aromatic carbocycles. The fraction of sp³-hybridized carbons (Fsp3) is 0.182. The van der Waals surface area contributed by atoms with Gasteiger partial charge in [0.15, 0.2) is 9.84 Å². The normalized spacial score (nSPS) is 11.6. The third-order valence-electron chi connectivity index (χ3n) is 2.48. The van der Waals surface area contributed by atoms with Gasteiger partial charge in [-0.3, -0.25) is 15.1 Å². The lowest BCUT2D eigenvalue weighted by atomic mass is 10.1. The molecule has 1 aromatic heterocycles. The van der Waals surface area contributed by atoms with E-state index in [1.54, 1.807) is 18.3 Å². The van der Waals surface area contributed by atoms with Crippen LogP contribution >= 0.6 is 0 Å². The van der Waals surface area contributed by atoms with Crippen molar-refractivity contribution >= 4 is 26.4 Å². The minimum atomic E-state index is -3.36. The highest BCUT2D eigenvalue weighted by Crippen LogP contribution is 2.28. The highest BCUT2D eigenvalue weighted by atomic mass is 32.2. The number of hydrogen-bond donors (Lipinski definition) is 0. The molecule has 94 valence electrons. The van der Waals surface area contributed by atoms with E-state index in [0.29, 0.717) is 10.9 Å². The van der Waals surface area contributed by atoms with E-state index >= 15 is 0 Å². The molecule has 0 amide bonds. The lowest BCUT2D eigenvalue weighted by Gasteiger charge is -2.05. The predicted octanol–water partition coefficient (Wildman–Crippen LogP) is 1.69. The first-order valence-electron chi connectivity index (χ1n) is 5.07. The number of nitro groups is 1. The molecule has 0 N–H and O–H groups in total. The van der Waals surface area contributed by atoms with Gasteiger partial charge in [-0.05, 0) is 12.1 Å². The van der Waals surface area contributed by atoms with Gasteiger partial charge in [0.25, 0.3) is 5.69 Å². The first-order chi connectivity index (χ1) is 8.38. The van der Waals surface area contributed by atoms with Crippen LogP contribution in [0.3, 0.4) is 0 Å². The van der Waals surface area contributed by atoms with E-state index in [9.17, 15) is 18.5 Å². The van der Waals surface area contributed by atoms with Crippen LogP contribution in [0.15, 0.2) is 30.5 Å². The van der Waals surface area contributed by atoms with Crippen LogP contribution in [0, 0.1) is 10.1 Å². The molecule has 0 saturated carbocycles. The molecule has 18 heavy (non-hydrogen) atoms. The van der Waals surface area contributed by atoms with Gasteiger partial charge in [0.1, 0.15) is 0 Å². The maximum absolute atomic E-state index is 11.4. The second kappa shape index (κ2) is 4.34. The van der Waals surface area contributed by atoms with Crippen LogP contribution in [0.2, 0.25) is 0 Å². The third-order valence-corrected chi connectivity index (χ3v) is 3.29. The van der Waals surface area contributed by atoms with Gasteiger partial charge in [-0.2, -0.15) is 0 Å². The van der Waals surface area contributed by atoms with Crippen LogP contribution < -0.4 is 0 Å². The van der Waals surface area contributed by atoms with Crippen LogP contribution in [0.1, 0.15) is 5.56 Å². The highest BCUT2D eigenvalue weighted by Gasteiger charge is 2.20. The molecule has 2 aromatic rings. The number of pyridine rings is 1. The number of nitro benzene ring substituents is 1. The number of fused-ring (bicyclic) bond motifs is 1. The number of rotatable bonds is 3. The van der Waals surface area contributed by atoms with Gasteiger partial charge in [-0.25, -0.2) is 8.42 Å². The summed E-state index contributed by atoms with van der Waals surface area (Å²) in [7, 11) is -3.36. The Bertz CT molecular complexity index is 725. The zero-order valence-electron chi connectivity index (χ0n) is 9.53. The van der Waals surface area contributed by atoms with Crippen molar-refractivity contribution in [1.29, 1.82) is 0 Å². The summed E-state index contributed by atoms with van der Waals surface area (Å²) in [4.78, 5) is 14.4. The van der Waals surface area contributed by atoms with Crippen LogP contribution in [0.5, 0.6) is 0 Å². The molecule has 6 nitrogen and oxygen atoms in total. The Kier molecular flexibility index (Phi) is 3.00. The molecule has 0 aliphatic carbocycles. The first kappa shape index (κ1) is 12.4. The van der Waals surface area contributed by atoms with E-state index in [4.69, 9.17) is 0 Å². The zero-order chi connectivity index (χ0) is 13.3. The van der Waals surface area contributed by atoms with Crippen LogP contribution in [-0.2, 0) is 15.6 Å². The van der Waals surface area contributed by atoms with E-state index in [2.05, 4.69) is 4.98 Å². The summed E-state index contributed by atoms with van der Waals surface area (Å²) >= 11 is 0. The van der Waals surface area contributed by atoms with Gasteiger partial charge in [-0.15, -0.1) is 0 Å². The lowest BCUT2D eigenvalue weighted by Crippen LogP contribution is -2.05. The number of benzene rings is 1. The first-order valence-corrected chi connectivity index (χ1v) is 7.13. The molecule has 2 rings (SSSR count). The van der Waals surface area contributed by atoms with Gasteiger partial charge >= 0.3 is 0 Å². The quantitative estimate of drug-likeness (QED) is 0.622. The van der Waals surface area contributed by atoms with Gasteiger partial charge in [0.2, 0.25) is 0 Å². The predicted molar refractivity (Wildman–Crippen MR) is 66.9 cm³/mol. The molecule has 0 atom stereocenters. The maximum Gasteiger partial charge on any atom is 0.274 e. The third kappa shape index (κ3) is 2.45. The lowest BCUT2D eigenvalue weighted by molar-refractivity contribution is -0.385. The molecule has 0 fully saturated rings. The van der Waals surface area contributed by atoms with Gasteiger partial charge < -0.3 is 0 Å². The van der Waals surface area contributed by atoms with Gasteiger partial charge in [0, 0.05) is 23.9 Å². The fourth-order valence-electron chi connectivity index (χ4n) is 1.79. The van der Waals surface area contributed by atoms with Crippen LogP contribution in [0.25, 0.3) is 10.9 Å². The monoisotopic (exact) mass is 266 g/mol. The van der Waals surface area contributed by atoms with E-state index < -0.39 is 14.8 Å². The summed E-state index contributed by atoms with van der Waals surface area (Å²) in [6.45, 7) is 0. The van der Waals surface area contributed by atoms with Crippen LogP contribution in [0.4, 0.5) is 5.69 Å². The molecule has 0 saturated heterocycles. The summed E-state index contributed by atoms with van der Waals surface area (Å²) < 4.78 is 22.8. The van der Waals surface area contributed by atoms with Crippen LogP contribution in [-0.4, -0.2) is 24.6 Å². The summed E-state index contributed by atoms with van der Waals surface area (Å²) in [5.41, 5.74) is 0.538. The summed E-state index contributed by atoms with van der Waals surface area (Å²) in [5, 5.41) is 11.4. The Balaban J connectivity index is 2.78. The molecule has 0 aliphatic heterocycles. The molecule has 1 heterocycles. The van der Waals surface area contributed by atoms with Crippen molar-refractivity contribution in [3.8, 4) is 0 Å². The molecular formula is C11H10N2O4S. The molecule has 7 heteroatoms. The maximum atomic E-state index is 11.4. The molecule has 0 aliphatic rings. The summed E-state index contributed by atoms with van der Waals surface area (Å²) in [6.07, 6.45) is 2.60.